The van der Waals surface area contributed by atoms with Crippen molar-refractivity contribution in [2.75, 3.05) is 9.80 Å². The molecule has 0 bridgehead atoms. The van der Waals surface area contributed by atoms with Gasteiger partial charge >= 0.3 is 0 Å². The molecule has 0 aliphatic carbocycles. The number of furan rings is 4. The van der Waals surface area contributed by atoms with E-state index in [9.17, 15) is 0 Å². The fraction of sp³-hybridized carbons (Fsp3) is 0.0968. The second-order valence-electron chi connectivity index (χ2n) is 19.8. The van der Waals surface area contributed by atoms with E-state index >= 15 is 0 Å². The largest absolute Gasteiger partial charge is 0.456 e. The highest BCUT2D eigenvalue weighted by Crippen LogP contribution is 2.49. The molecule has 330 valence electrons. The summed E-state index contributed by atoms with van der Waals surface area (Å²) in [6.45, 7) is 11.1. The summed E-state index contributed by atoms with van der Waals surface area (Å²) >= 11 is 0. The average molecular weight is 893 g/mol. The first-order chi connectivity index (χ1) is 33.6. The number of anilines is 6. The quantitative estimate of drug-likeness (QED) is 0.160. The van der Waals surface area contributed by atoms with Crippen LogP contribution in [-0.2, 0) is 5.41 Å². The van der Waals surface area contributed by atoms with Crippen LogP contribution in [-0.4, -0.2) is 6.71 Å². The number of rotatable bonds is 5. The molecule has 8 aromatic carbocycles. The molecule has 0 saturated carbocycles. The summed E-state index contributed by atoms with van der Waals surface area (Å²) in [6.07, 6.45) is 0. The van der Waals surface area contributed by atoms with Gasteiger partial charge in [-0.05, 0) is 138 Å². The second-order valence-corrected chi connectivity index (χ2v) is 19.8. The van der Waals surface area contributed by atoms with E-state index in [2.05, 4.69) is 190 Å². The summed E-state index contributed by atoms with van der Waals surface area (Å²) in [5, 5.41) is 4.35. The maximum atomic E-state index is 7.25. The highest BCUT2D eigenvalue weighted by molar-refractivity contribution is 7.01. The van der Waals surface area contributed by atoms with Gasteiger partial charge in [0.05, 0.1) is 5.69 Å². The fourth-order valence-electron chi connectivity index (χ4n) is 11.2. The van der Waals surface area contributed by atoms with Crippen LogP contribution in [0.25, 0.3) is 77.8 Å². The topological polar surface area (TPSA) is 59.0 Å². The van der Waals surface area contributed by atoms with Crippen molar-refractivity contribution in [3.63, 3.8) is 0 Å². The van der Waals surface area contributed by atoms with E-state index in [1.807, 2.05) is 36.4 Å². The third-order valence-corrected chi connectivity index (χ3v) is 14.4. The van der Waals surface area contributed by atoms with Crippen molar-refractivity contribution in [2.45, 2.75) is 40.0 Å². The van der Waals surface area contributed by atoms with Gasteiger partial charge in [0, 0.05) is 66.4 Å². The summed E-state index contributed by atoms with van der Waals surface area (Å²) in [5.41, 5.74) is 18.8. The Labute approximate surface area is 399 Å². The minimum Gasteiger partial charge on any atom is -0.456 e. The van der Waals surface area contributed by atoms with Crippen molar-refractivity contribution >= 4 is 101 Å². The van der Waals surface area contributed by atoms with Gasteiger partial charge in [0.25, 0.3) is 6.71 Å². The van der Waals surface area contributed by atoms with Crippen LogP contribution in [0.2, 0.25) is 0 Å². The standard InChI is InChI=1S/C62H45BN2O4/c1-36-28-43(57-34-41-16-8-11-23-53(41)68-57)29-37(2)60(36)65-49-20-13-19-48-59(49)63(58-46-35-44(62(3,4)5)25-27-54(46)69-61(58)65)47-26-24-42(56-33-40-15-7-10-22-52(40)67-56)31-50(47)64(48)45-18-12-17-38(30-45)55-32-39-14-6-9-21-51(39)66-55/h6-35H,1-5H3. The summed E-state index contributed by atoms with van der Waals surface area (Å²) in [5.74, 6) is 3.33. The molecule has 69 heavy (non-hydrogen) atoms. The Morgan fingerprint density at radius 2 is 0.986 bits per heavy atom. The third-order valence-electron chi connectivity index (χ3n) is 14.4. The Bertz CT molecular complexity index is 3960. The van der Waals surface area contributed by atoms with Gasteiger partial charge in [0.2, 0.25) is 5.88 Å². The average Bonchev–Trinajstić information content (AvgIpc) is 4.18. The summed E-state index contributed by atoms with van der Waals surface area (Å²) in [7, 11) is 0. The minimum atomic E-state index is -0.163. The second kappa shape index (κ2) is 14.5. The molecule has 4 aromatic heterocycles. The lowest BCUT2D eigenvalue weighted by atomic mass is 9.33. The first-order valence-electron chi connectivity index (χ1n) is 23.8. The molecule has 0 unspecified atom stereocenters. The van der Waals surface area contributed by atoms with E-state index < -0.39 is 0 Å². The zero-order valence-electron chi connectivity index (χ0n) is 38.9. The predicted molar refractivity (Wildman–Crippen MR) is 284 cm³/mol. The van der Waals surface area contributed by atoms with Crippen molar-refractivity contribution in [3.8, 4) is 34.0 Å². The third kappa shape index (κ3) is 6.06. The van der Waals surface area contributed by atoms with Crippen LogP contribution in [0.15, 0.2) is 200 Å². The summed E-state index contributed by atoms with van der Waals surface area (Å²) < 4.78 is 26.7. The van der Waals surface area contributed by atoms with E-state index in [0.717, 1.165) is 129 Å². The lowest BCUT2D eigenvalue weighted by Crippen LogP contribution is -2.61. The number of nitrogens with zero attached hydrogens (tertiary/aromatic N) is 2. The van der Waals surface area contributed by atoms with E-state index in [4.69, 9.17) is 17.7 Å². The molecule has 6 nitrogen and oxygen atoms in total. The zero-order chi connectivity index (χ0) is 46.3. The normalized spacial score (nSPS) is 13.2. The first kappa shape index (κ1) is 39.7. The number of hydrogen-bond acceptors (Lipinski definition) is 6. The van der Waals surface area contributed by atoms with Crippen molar-refractivity contribution in [3.05, 3.63) is 199 Å². The monoisotopic (exact) mass is 892 g/mol. The van der Waals surface area contributed by atoms with Gasteiger partial charge in [-0.2, -0.15) is 0 Å². The van der Waals surface area contributed by atoms with E-state index in [0.29, 0.717) is 0 Å². The SMILES string of the molecule is Cc1cc(-c2cc3ccccc3o2)cc(C)c1N1c2cccc3c2B(c2ccc(-c4cc5ccccc5o4)cc2N3c2cccc(-c3cc4ccccc4o3)c2)c2c1oc1ccc(C(C)(C)C)cc21. The molecule has 0 fully saturated rings. The molecule has 0 N–H and O–H groups in total. The molecule has 0 saturated heterocycles. The maximum absolute atomic E-state index is 7.25. The molecule has 12 aromatic rings. The van der Waals surface area contributed by atoms with Gasteiger partial charge in [-0.15, -0.1) is 0 Å². The zero-order valence-corrected chi connectivity index (χ0v) is 38.9. The molecule has 0 amide bonds. The molecular weight excluding hydrogens is 848 g/mol. The first-order valence-corrected chi connectivity index (χ1v) is 23.8. The van der Waals surface area contributed by atoms with E-state index in [1.54, 1.807) is 0 Å². The highest BCUT2D eigenvalue weighted by Gasteiger charge is 2.47. The molecule has 7 heteroatoms. The molecule has 6 heterocycles. The lowest BCUT2D eigenvalue weighted by molar-refractivity contribution is 0.589. The Morgan fingerprint density at radius 3 is 1.59 bits per heavy atom. The Morgan fingerprint density at radius 1 is 0.420 bits per heavy atom. The van der Waals surface area contributed by atoms with Gasteiger partial charge < -0.3 is 22.6 Å². The number of para-hydroxylation sites is 3. The fourth-order valence-corrected chi connectivity index (χ4v) is 11.2. The molecule has 2 aliphatic heterocycles. The van der Waals surface area contributed by atoms with Crippen molar-refractivity contribution in [1.82, 2.24) is 0 Å². The van der Waals surface area contributed by atoms with Crippen molar-refractivity contribution in [2.24, 2.45) is 0 Å². The van der Waals surface area contributed by atoms with E-state index in [1.165, 1.54) is 16.5 Å². The van der Waals surface area contributed by atoms with Crippen LogP contribution in [0.1, 0.15) is 37.5 Å². The lowest BCUT2D eigenvalue weighted by Gasteiger charge is -2.43. The number of fused-ring (bicyclic) bond motifs is 9. The van der Waals surface area contributed by atoms with Gasteiger partial charge in [0.1, 0.15) is 39.6 Å². The van der Waals surface area contributed by atoms with Crippen LogP contribution < -0.4 is 26.2 Å². The summed E-state index contributed by atoms with van der Waals surface area (Å²) in [4.78, 5) is 4.84. The van der Waals surface area contributed by atoms with Crippen LogP contribution in [0, 0.1) is 13.8 Å². The summed E-state index contributed by atoms with van der Waals surface area (Å²) in [6, 6.07) is 64.7. The minimum absolute atomic E-state index is 0.0803. The van der Waals surface area contributed by atoms with Crippen LogP contribution in [0.4, 0.5) is 34.3 Å². The van der Waals surface area contributed by atoms with Crippen LogP contribution in [0.5, 0.6) is 0 Å². The van der Waals surface area contributed by atoms with Crippen molar-refractivity contribution in [1.29, 1.82) is 0 Å². The number of aryl methyl sites for hydroxylation is 2. The highest BCUT2D eigenvalue weighted by atomic mass is 16.4. The molecule has 2 aliphatic rings. The van der Waals surface area contributed by atoms with Crippen LogP contribution >= 0.6 is 0 Å². The Hall–Kier alpha value is -8.42. The molecule has 14 rings (SSSR count). The Balaban J connectivity index is 1.03. The number of hydrogen-bond donors (Lipinski definition) is 0. The predicted octanol–water partition coefficient (Wildman–Crippen LogP) is 15.7. The smallest absolute Gasteiger partial charge is 0.257 e. The van der Waals surface area contributed by atoms with Gasteiger partial charge in [-0.3, -0.25) is 4.90 Å². The molecule has 0 radical (unpaired) electrons. The van der Waals surface area contributed by atoms with Gasteiger partial charge in [0.15, 0.2) is 0 Å². The van der Waals surface area contributed by atoms with E-state index in [-0.39, 0.29) is 12.1 Å². The molecular formula is C62H45BN2O4. The molecule has 0 spiro atoms. The Kier molecular flexibility index (Phi) is 8.37. The van der Waals surface area contributed by atoms with Gasteiger partial charge in [-0.25, -0.2) is 0 Å². The number of benzene rings is 8. The van der Waals surface area contributed by atoms with Crippen molar-refractivity contribution < 1.29 is 17.7 Å². The maximum Gasteiger partial charge on any atom is 0.257 e. The molecule has 0 atom stereocenters. The van der Waals surface area contributed by atoms with Crippen LogP contribution in [0.3, 0.4) is 0 Å². The van der Waals surface area contributed by atoms with Gasteiger partial charge in [-0.1, -0.05) is 112 Å².